The van der Waals surface area contributed by atoms with E-state index >= 15 is 0 Å². The summed E-state index contributed by atoms with van der Waals surface area (Å²) < 4.78 is 0. The minimum atomic E-state index is 0.818. The lowest BCUT2D eigenvalue weighted by molar-refractivity contribution is 0.214. The fourth-order valence-electron chi connectivity index (χ4n) is 2.37. The normalized spacial score (nSPS) is 30.2. The minimum Gasteiger partial charge on any atom is -0.313 e. The highest BCUT2D eigenvalue weighted by molar-refractivity contribution is 4.81. The zero-order chi connectivity index (χ0) is 9.80. The molecule has 0 aromatic heterocycles. The van der Waals surface area contributed by atoms with Gasteiger partial charge in [-0.15, -0.1) is 0 Å². The average molecular weight is 196 g/mol. The SMILES string of the molecule is CC1CCCCCN1CCNC1CC1. The van der Waals surface area contributed by atoms with E-state index in [2.05, 4.69) is 17.1 Å². The minimum absolute atomic E-state index is 0.818. The summed E-state index contributed by atoms with van der Waals surface area (Å²) >= 11 is 0. The first-order chi connectivity index (χ1) is 6.86. The Hall–Kier alpha value is -0.0800. The molecule has 0 aromatic rings. The highest BCUT2D eigenvalue weighted by Crippen LogP contribution is 2.19. The molecule has 2 rings (SSSR count). The Bertz CT molecular complexity index is 166. The van der Waals surface area contributed by atoms with Crippen molar-refractivity contribution in [2.75, 3.05) is 19.6 Å². The van der Waals surface area contributed by atoms with Crippen LogP contribution in [0.1, 0.15) is 45.4 Å². The molecule has 0 bridgehead atoms. The van der Waals surface area contributed by atoms with Gasteiger partial charge in [0.15, 0.2) is 0 Å². The largest absolute Gasteiger partial charge is 0.313 e. The second-order valence-corrected chi connectivity index (χ2v) is 4.96. The molecule has 2 heteroatoms. The van der Waals surface area contributed by atoms with E-state index in [-0.39, 0.29) is 0 Å². The van der Waals surface area contributed by atoms with Crippen LogP contribution in [0.4, 0.5) is 0 Å². The summed E-state index contributed by atoms with van der Waals surface area (Å²) in [4.78, 5) is 2.67. The lowest BCUT2D eigenvalue weighted by atomic mass is 10.1. The second kappa shape index (κ2) is 5.13. The number of nitrogens with one attached hydrogen (secondary N) is 1. The van der Waals surface area contributed by atoms with Gasteiger partial charge < -0.3 is 5.32 Å². The Morgan fingerprint density at radius 1 is 1.14 bits per heavy atom. The van der Waals surface area contributed by atoms with Crippen LogP contribution in [-0.4, -0.2) is 36.6 Å². The zero-order valence-corrected chi connectivity index (χ0v) is 9.47. The monoisotopic (exact) mass is 196 g/mol. The van der Waals surface area contributed by atoms with Crippen molar-refractivity contribution in [2.24, 2.45) is 0 Å². The van der Waals surface area contributed by atoms with Crippen molar-refractivity contribution in [3.8, 4) is 0 Å². The van der Waals surface area contributed by atoms with Crippen LogP contribution in [0.5, 0.6) is 0 Å². The molecule has 1 N–H and O–H groups in total. The van der Waals surface area contributed by atoms with Crippen LogP contribution in [0.15, 0.2) is 0 Å². The van der Waals surface area contributed by atoms with Gasteiger partial charge in [0.05, 0.1) is 0 Å². The van der Waals surface area contributed by atoms with Gasteiger partial charge in [0.2, 0.25) is 0 Å². The maximum atomic E-state index is 3.60. The Morgan fingerprint density at radius 3 is 2.79 bits per heavy atom. The predicted octanol–water partition coefficient (Wildman–Crippen LogP) is 2.00. The Kier molecular flexibility index (Phi) is 3.82. The number of likely N-dealkylation sites (tertiary alicyclic amines) is 1. The van der Waals surface area contributed by atoms with E-state index in [4.69, 9.17) is 0 Å². The molecular formula is C12H24N2. The highest BCUT2D eigenvalue weighted by atomic mass is 15.2. The number of hydrogen-bond donors (Lipinski definition) is 1. The fourth-order valence-corrected chi connectivity index (χ4v) is 2.37. The molecule has 2 nitrogen and oxygen atoms in total. The van der Waals surface area contributed by atoms with Crippen molar-refractivity contribution in [2.45, 2.75) is 57.5 Å². The zero-order valence-electron chi connectivity index (χ0n) is 9.47. The smallest absolute Gasteiger partial charge is 0.0110 e. The summed E-state index contributed by atoms with van der Waals surface area (Å²) in [5, 5.41) is 3.60. The summed E-state index contributed by atoms with van der Waals surface area (Å²) in [7, 11) is 0. The maximum absolute atomic E-state index is 3.60. The van der Waals surface area contributed by atoms with Gasteiger partial charge in [-0.1, -0.05) is 12.8 Å². The molecule has 1 saturated heterocycles. The van der Waals surface area contributed by atoms with E-state index in [9.17, 15) is 0 Å². The molecule has 1 heterocycles. The van der Waals surface area contributed by atoms with E-state index in [0.717, 1.165) is 12.1 Å². The van der Waals surface area contributed by atoms with Gasteiger partial charge in [-0.05, 0) is 39.2 Å². The highest BCUT2D eigenvalue weighted by Gasteiger charge is 2.21. The van der Waals surface area contributed by atoms with E-state index in [1.807, 2.05) is 0 Å². The molecule has 0 aromatic carbocycles. The molecule has 1 saturated carbocycles. The molecule has 14 heavy (non-hydrogen) atoms. The summed E-state index contributed by atoms with van der Waals surface area (Å²) in [5.41, 5.74) is 0. The number of hydrogen-bond acceptors (Lipinski definition) is 2. The topological polar surface area (TPSA) is 15.3 Å². The predicted molar refractivity (Wildman–Crippen MR) is 60.5 cm³/mol. The van der Waals surface area contributed by atoms with E-state index in [1.165, 1.54) is 58.2 Å². The summed E-state index contributed by atoms with van der Waals surface area (Å²) in [6.45, 7) is 6.18. The molecule has 1 unspecified atom stereocenters. The Labute approximate surface area is 88.1 Å². The molecule has 0 spiro atoms. The average Bonchev–Trinajstić information content (AvgIpc) is 2.97. The van der Waals surface area contributed by atoms with Crippen LogP contribution >= 0.6 is 0 Å². The number of rotatable bonds is 4. The molecule has 1 aliphatic carbocycles. The first-order valence-electron chi connectivity index (χ1n) is 6.33. The van der Waals surface area contributed by atoms with Gasteiger partial charge in [0, 0.05) is 25.2 Å². The molecule has 0 radical (unpaired) electrons. The van der Waals surface area contributed by atoms with Crippen molar-refractivity contribution in [3.63, 3.8) is 0 Å². The first-order valence-corrected chi connectivity index (χ1v) is 6.33. The quantitative estimate of drug-likeness (QED) is 0.740. The van der Waals surface area contributed by atoms with E-state index in [0.29, 0.717) is 0 Å². The van der Waals surface area contributed by atoms with Crippen molar-refractivity contribution >= 4 is 0 Å². The molecular weight excluding hydrogens is 172 g/mol. The fraction of sp³-hybridized carbons (Fsp3) is 1.00. The molecule has 2 fully saturated rings. The molecule has 1 atom stereocenters. The summed E-state index contributed by atoms with van der Waals surface area (Å²) in [5.74, 6) is 0. The molecule has 0 amide bonds. The van der Waals surface area contributed by atoms with Crippen LogP contribution < -0.4 is 5.32 Å². The van der Waals surface area contributed by atoms with Crippen LogP contribution in [0.25, 0.3) is 0 Å². The van der Waals surface area contributed by atoms with Gasteiger partial charge in [0.1, 0.15) is 0 Å². The molecule has 2 aliphatic rings. The van der Waals surface area contributed by atoms with Gasteiger partial charge in [-0.3, -0.25) is 4.90 Å². The maximum Gasteiger partial charge on any atom is 0.0110 e. The third-order valence-corrected chi connectivity index (χ3v) is 3.60. The Morgan fingerprint density at radius 2 is 2.00 bits per heavy atom. The third kappa shape index (κ3) is 3.25. The van der Waals surface area contributed by atoms with Crippen molar-refractivity contribution in [1.29, 1.82) is 0 Å². The lowest BCUT2D eigenvalue weighted by Crippen LogP contribution is -2.38. The van der Waals surface area contributed by atoms with Crippen molar-refractivity contribution in [3.05, 3.63) is 0 Å². The first kappa shape index (κ1) is 10.4. The van der Waals surface area contributed by atoms with Crippen LogP contribution in [0.3, 0.4) is 0 Å². The standard InChI is InChI=1S/C12H24N2/c1-11-5-3-2-4-9-14(11)10-8-13-12-6-7-12/h11-13H,2-10H2,1H3. The van der Waals surface area contributed by atoms with E-state index in [1.54, 1.807) is 0 Å². The van der Waals surface area contributed by atoms with Gasteiger partial charge in [-0.25, -0.2) is 0 Å². The van der Waals surface area contributed by atoms with E-state index < -0.39 is 0 Å². The van der Waals surface area contributed by atoms with Crippen LogP contribution in [-0.2, 0) is 0 Å². The Balaban J connectivity index is 1.64. The van der Waals surface area contributed by atoms with Crippen LogP contribution in [0, 0.1) is 0 Å². The third-order valence-electron chi connectivity index (χ3n) is 3.60. The van der Waals surface area contributed by atoms with Gasteiger partial charge in [-0.2, -0.15) is 0 Å². The lowest BCUT2D eigenvalue weighted by Gasteiger charge is -2.26. The molecule has 82 valence electrons. The summed E-state index contributed by atoms with van der Waals surface area (Å²) in [6.07, 6.45) is 8.52. The van der Waals surface area contributed by atoms with Crippen molar-refractivity contribution in [1.82, 2.24) is 10.2 Å². The van der Waals surface area contributed by atoms with Crippen molar-refractivity contribution < 1.29 is 0 Å². The summed E-state index contributed by atoms with van der Waals surface area (Å²) in [6, 6.07) is 1.69. The molecule has 1 aliphatic heterocycles. The number of nitrogens with zero attached hydrogens (tertiary/aromatic N) is 1. The second-order valence-electron chi connectivity index (χ2n) is 4.96. The van der Waals surface area contributed by atoms with Gasteiger partial charge >= 0.3 is 0 Å². The van der Waals surface area contributed by atoms with Crippen LogP contribution in [0.2, 0.25) is 0 Å². The van der Waals surface area contributed by atoms with Gasteiger partial charge in [0.25, 0.3) is 0 Å².